The largest absolute Gasteiger partial charge is 0.444 e. The Morgan fingerprint density at radius 1 is 0.978 bits per heavy atom. The number of aromatic nitrogens is 3. The highest BCUT2D eigenvalue weighted by molar-refractivity contribution is 5.94. The van der Waals surface area contributed by atoms with E-state index in [-0.39, 0.29) is 23.9 Å². The molecule has 0 atom stereocenters. The summed E-state index contributed by atoms with van der Waals surface area (Å²) in [6, 6.07) is 13.8. The van der Waals surface area contributed by atoms with E-state index < -0.39 is 23.2 Å². The van der Waals surface area contributed by atoms with Crippen molar-refractivity contribution in [2.75, 3.05) is 6.54 Å². The standard InChI is InChI=1S/C34H41N5O6/c1-33(2,3)44-31(42)37(20-22-10-9-11-22)21-23-13-14-24-17-25(39(27(24)16-23)32(43)45-34(4,5)6)19-35-30(41)26-18-29(40)38-15-8-7-12-28(38)36-26/h7-8,12-18,22H,9-11,19-21H2,1-6H3,(H,35,41). The first-order chi connectivity index (χ1) is 21.2. The second-order valence-corrected chi connectivity index (χ2v) is 13.6. The third kappa shape index (κ3) is 7.71. The summed E-state index contributed by atoms with van der Waals surface area (Å²) >= 11 is 0. The first kappa shape index (κ1) is 31.7. The molecule has 1 aliphatic rings. The van der Waals surface area contributed by atoms with E-state index in [0.717, 1.165) is 30.2 Å². The van der Waals surface area contributed by atoms with Crippen molar-refractivity contribution < 1.29 is 23.9 Å². The van der Waals surface area contributed by atoms with Gasteiger partial charge < -0.3 is 19.7 Å². The molecule has 1 aliphatic carbocycles. The van der Waals surface area contributed by atoms with Crippen LogP contribution in [0.3, 0.4) is 0 Å². The Morgan fingerprint density at radius 3 is 2.38 bits per heavy atom. The summed E-state index contributed by atoms with van der Waals surface area (Å²) in [5.74, 6) is -0.111. The number of nitrogens with one attached hydrogen (secondary N) is 1. The average Bonchev–Trinajstić information content (AvgIpc) is 3.28. The van der Waals surface area contributed by atoms with Gasteiger partial charge in [0.2, 0.25) is 0 Å². The number of hydrogen-bond donors (Lipinski definition) is 1. The zero-order valence-corrected chi connectivity index (χ0v) is 26.8. The molecule has 1 aromatic carbocycles. The van der Waals surface area contributed by atoms with Crippen LogP contribution in [0.15, 0.2) is 59.5 Å². The molecule has 0 radical (unpaired) electrons. The smallest absolute Gasteiger partial charge is 0.419 e. The second-order valence-electron chi connectivity index (χ2n) is 13.6. The van der Waals surface area contributed by atoms with Crippen LogP contribution in [0.1, 0.15) is 82.6 Å². The fraction of sp³-hybridized carbons (Fsp3) is 0.441. The van der Waals surface area contributed by atoms with Crippen molar-refractivity contribution in [2.45, 2.75) is 85.1 Å². The van der Waals surface area contributed by atoms with Gasteiger partial charge in [0.25, 0.3) is 11.5 Å². The molecule has 45 heavy (non-hydrogen) atoms. The van der Waals surface area contributed by atoms with Crippen LogP contribution in [0, 0.1) is 5.92 Å². The molecule has 1 N–H and O–H groups in total. The van der Waals surface area contributed by atoms with Crippen molar-refractivity contribution in [1.29, 1.82) is 0 Å². The van der Waals surface area contributed by atoms with E-state index in [2.05, 4.69) is 10.3 Å². The molecule has 0 unspecified atom stereocenters. The van der Waals surface area contributed by atoms with Gasteiger partial charge in [0.1, 0.15) is 22.5 Å². The highest BCUT2D eigenvalue weighted by Gasteiger charge is 2.28. The monoisotopic (exact) mass is 615 g/mol. The van der Waals surface area contributed by atoms with E-state index in [4.69, 9.17) is 9.47 Å². The normalized spacial score (nSPS) is 13.8. The Hall–Kier alpha value is -4.67. The molecule has 11 heteroatoms. The molecule has 0 bridgehead atoms. The quantitative estimate of drug-likeness (QED) is 0.275. The summed E-state index contributed by atoms with van der Waals surface area (Å²) in [5, 5.41) is 3.56. The number of benzene rings is 1. The molecular weight excluding hydrogens is 574 g/mol. The van der Waals surface area contributed by atoms with Crippen molar-refractivity contribution in [1.82, 2.24) is 24.2 Å². The predicted molar refractivity (Wildman–Crippen MR) is 170 cm³/mol. The van der Waals surface area contributed by atoms with Gasteiger partial charge in [-0.2, -0.15) is 0 Å². The maximum Gasteiger partial charge on any atom is 0.419 e. The topological polar surface area (TPSA) is 124 Å². The first-order valence-electron chi connectivity index (χ1n) is 15.3. The van der Waals surface area contributed by atoms with Crippen LogP contribution < -0.4 is 10.9 Å². The summed E-state index contributed by atoms with van der Waals surface area (Å²) < 4.78 is 14.3. The molecule has 3 heterocycles. The van der Waals surface area contributed by atoms with Crippen LogP contribution in [0.4, 0.5) is 9.59 Å². The zero-order valence-electron chi connectivity index (χ0n) is 26.8. The van der Waals surface area contributed by atoms with Gasteiger partial charge in [0.05, 0.1) is 12.1 Å². The van der Waals surface area contributed by atoms with Gasteiger partial charge >= 0.3 is 12.2 Å². The molecule has 1 saturated carbocycles. The van der Waals surface area contributed by atoms with E-state index in [1.165, 1.54) is 15.0 Å². The molecule has 5 rings (SSSR count). The van der Waals surface area contributed by atoms with E-state index in [1.807, 2.05) is 45.0 Å². The number of fused-ring (bicyclic) bond motifs is 2. The lowest BCUT2D eigenvalue weighted by atomic mass is 9.85. The number of nitrogens with zero attached hydrogens (tertiary/aromatic N) is 4. The highest BCUT2D eigenvalue weighted by atomic mass is 16.6. The number of hydrogen-bond acceptors (Lipinski definition) is 7. The molecule has 0 aliphatic heterocycles. The van der Waals surface area contributed by atoms with Crippen molar-refractivity contribution in [3.63, 3.8) is 0 Å². The first-order valence-corrected chi connectivity index (χ1v) is 15.3. The Bertz CT molecular complexity index is 1810. The van der Waals surface area contributed by atoms with Gasteiger partial charge in [-0.05, 0) is 90.1 Å². The minimum Gasteiger partial charge on any atom is -0.444 e. The number of pyridine rings is 1. The highest BCUT2D eigenvalue weighted by Crippen LogP contribution is 2.29. The lowest BCUT2D eigenvalue weighted by molar-refractivity contribution is 0.0172. The molecule has 238 valence electrons. The number of carbonyl (C=O) groups excluding carboxylic acids is 3. The van der Waals surface area contributed by atoms with E-state index in [0.29, 0.717) is 35.9 Å². The molecule has 2 amide bonds. The third-order valence-corrected chi connectivity index (χ3v) is 7.48. The lowest BCUT2D eigenvalue weighted by Crippen LogP contribution is -2.40. The number of carbonyl (C=O) groups is 3. The van der Waals surface area contributed by atoms with E-state index in [9.17, 15) is 19.2 Å². The molecule has 4 aromatic rings. The minimum absolute atomic E-state index is 0.0242. The Labute approximate surface area is 262 Å². The van der Waals surface area contributed by atoms with Crippen LogP contribution >= 0.6 is 0 Å². The summed E-state index contributed by atoms with van der Waals surface area (Å²) in [4.78, 5) is 58.4. The SMILES string of the molecule is CC(C)(C)OC(=O)N(Cc1ccc2cc(CNC(=O)c3cc(=O)n4ccccc4n3)n(C(=O)OC(C)(C)C)c2c1)CC1CCC1. The van der Waals surface area contributed by atoms with Crippen molar-refractivity contribution >= 4 is 34.6 Å². The molecular formula is C34H41N5O6. The molecule has 3 aromatic heterocycles. The van der Waals surface area contributed by atoms with E-state index in [1.54, 1.807) is 50.1 Å². The minimum atomic E-state index is -0.765. The lowest BCUT2D eigenvalue weighted by Gasteiger charge is -2.33. The zero-order chi connectivity index (χ0) is 32.5. The van der Waals surface area contributed by atoms with Gasteiger partial charge in [-0.25, -0.2) is 19.1 Å². The maximum atomic E-state index is 13.5. The van der Waals surface area contributed by atoms with Crippen LogP contribution in [-0.4, -0.2) is 54.7 Å². The summed E-state index contributed by atoms with van der Waals surface area (Å²) in [7, 11) is 0. The number of rotatable bonds is 7. The molecule has 11 nitrogen and oxygen atoms in total. The van der Waals surface area contributed by atoms with Crippen LogP contribution in [0.25, 0.3) is 16.6 Å². The summed E-state index contributed by atoms with van der Waals surface area (Å²) in [6.45, 7) is 11.8. The van der Waals surface area contributed by atoms with Crippen LogP contribution in [0.5, 0.6) is 0 Å². The van der Waals surface area contributed by atoms with Crippen molar-refractivity contribution in [2.24, 2.45) is 5.92 Å². The van der Waals surface area contributed by atoms with Crippen molar-refractivity contribution in [3.05, 3.63) is 82.0 Å². The third-order valence-electron chi connectivity index (χ3n) is 7.48. The van der Waals surface area contributed by atoms with Gasteiger partial charge in [-0.3, -0.25) is 14.0 Å². The Kier molecular flexibility index (Phi) is 8.73. The number of ether oxygens (including phenoxy) is 2. The molecule has 0 saturated heterocycles. The van der Waals surface area contributed by atoms with Crippen LogP contribution in [0.2, 0.25) is 0 Å². The maximum absolute atomic E-state index is 13.5. The van der Waals surface area contributed by atoms with Gasteiger partial charge in [0.15, 0.2) is 0 Å². The predicted octanol–water partition coefficient (Wildman–Crippen LogP) is 5.90. The molecule has 1 fully saturated rings. The fourth-order valence-electron chi connectivity index (χ4n) is 5.22. The summed E-state index contributed by atoms with van der Waals surface area (Å²) in [5.41, 5.74) is 0.456. The Morgan fingerprint density at radius 2 is 1.71 bits per heavy atom. The molecule has 0 spiro atoms. The fourth-order valence-corrected chi connectivity index (χ4v) is 5.22. The number of amides is 2. The second kappa shape index (κ2) is 12.4. The average molecular weight is 616 g/mol. The van der Waals surface area contributed by atoms with E-state index >= 15 is 0 Å². The van der Waals surface area contributed by atoms with Crippen molar-refractivity contribution in [3.8, 4) is 0 Å². The van der Waals surface area contributed by atoms with Gasteiger partial charge in [-0.15, -0.1) is 0 Å². The summed E-state index contributed by atoms with van der Waals surface area (Å²) in [6.07, 6.45) is 3.94. The van der Waals surface area contributed by atoms with Gasteiger partial charge in [-0.1, -0.05) is 24.6 Å². The van der Waals surface area contributed by atoms with Crippen LogP contribution in [-0.2, 0) is 22.6 Å². The Balaban J connectivity index is 1.44. The van der Waals surface area contributed by atoms with Gasteiger partial charge in [0, 0.05) is 36.4 Å².